The van der Waals surface area contributed by atoms with E-state index >= 15 is 0 Å². The molecule has 2 rings (SSSR count). The van der Waals surface area contributed by atoms with Gasteiger partial charge in [-0.15, -0.1) is 0 Å². The highest BCUT2D eigenvalue weighted by molar-refractivity contribution is 5.82. The monoisotopic (exact) mass is 270 g/mol. The molecule has 0 radical (unpaired) electrons. The highest BCUT2D eigenvalue weighted by Crippen LogP contribution is 2.40. The molecule has 0 bridgehead atoms. The summed E-state index contributed by atoms with van der Waals surface area (Å²) in [4.78, 5) is 14.5. The van der Waals surface area contributed by atoms with Gasteiger partial charge in [0, 0.05) is 18.6 Å². The minimum absolute atomic E-state index is 0.0791. The largest absolute Gasteiger partial charge is 0.465 e. The summed E-state index contributed by atoms with van der Waals surface area (Å²) < 4.78 is 10.7. The van der Waals surface area contributed by atoms with E-state index in [9.17, 15) is 4.79 Å². The number of morpholine rings is 1. The van der Waals surface area contributed by atoms with Crippen LogP contribution in [-0.2, 0) is 14.3 Å². The summed E-state index contributed by atoms with van der Waals surface area (Å²) in [5, 5.41) is 0. The molecule has 0 aromatic carbocycles. The van der Waals surface area contributed by atoms with Gasteiger partial charge in [-0.05, 0) is 39.5 Å². The van der Waals surface area contributed by atoms with Crippen LogP contribution in [0.4, 0.5) is 0 Å². The third kappa shape index (κ3) is 3.09. The van der Waals surface area contributed by atoms with E-state index in [1.54, 1.807) is 0 Å². The molecule has 0 spiro atoms. The molecule has 2 aliphatic rings. The Morgan fingerprint density at radius 2 is 2.21 bits per heavy atom. The third-order valence-corrected chi connectivity index (χ3v) is 4.23. The maximum Gasteiger partial charge on any atom is 0.327 e. The standard InChI is InChI=1S/C14H26N2O3/c1-4-19-12(17)14(15,11-5-6-11)9-16-7-8-18-10-13(16,2)3/h11H,4-10,15H2,1-3H3. The van der Waals surface area contributed by atoms with Crippen LogP contribution >= 0.6 is 0 Å². The molecule has 1 saturated carbocycles. The van der Waals surface area contributed by atoms with Gasteiger partial charge in [-0.1, -0.05) is 0 Å². The number of hydrogen-bond acceptors (Lipinski definition) is 5. The fraction of sp³-hybridized carbons (Fsp3) is 0.929. The van der Waals surface area contributed by atoms with E-state index in [0.717, 1.165) is 19.4 Å². The Kier molecular flexibility index (Phi) is 4.18. The van der Waals surface area contributed by atoms with Gasteiger partial charge >= 0.3 is 5.97 Å². The number of nitrogens with zero attached hydrogens (tertiary/aromatic N) is 1. The summed E-state index contributed by atoms with van der Waals surface area (Å²) in [6.07, 6.45) is 2.06. The molecule has 110 valence electrons. The zero-order valence-corrected chi connectivity index (χ0v) is 12.3. The first-order chi connectivity index (χ1) is 8.90. The van der Waals surface area contributed by atoms with E-state index in [0.29, 0.717) is 26.4 Å². The molecule has 19 heavy (non-hydrogen) atoms. The molecule has 1 aliphatic carbocycles. The molecule has 1 saturated heterocycles. The Bertz CT molecular complexity index is 342. The van der Waals surface area contributed by atoms with Crippen LogP contribution in [0.25, 0.3) is 0 Å². The second-order valence-corrected chi connectivity index (χ2v) is 6.32. The lowest BCUT2D eigenvalue weighted by atomic mass is 9.90. The smallest absolute Gasteiger partial charge is 0.327 e. The van der Waals surface area contributed by atoms with Gasteiger partial charge < -0.3 is 15.2 Å². The predicted molar refractivity (Wildman–Crippen MR) is 72.7 cm³/mol. The first kappa shape index (κ1) is 14.8. The molecular formula is C14H26N2O3. The molecule has 0 aromatic heterocycles. The topological polar surface area (TPSA) is 64.8 Å². The number of carbonyl (C=O) groups excluding carboxylic acids is 1. The average molecular weight is 270 g/mol. The van der Waals surface area contributed by atoms with E-state index in [-0.39, 0.29) is 17.4 Å². The first-order valence-corrected chi connectivity index (χ1v) is 7.19. The lowest BCUT2D eigenvalue weighted by molar-refractivity contribution is -0.153. The van der Waals surface area contributed by atoms with Crippen LogP contribution in [0, 0.1) is 5.92 Å². The van der Waals surface area contributed by atoms with Crippen molar-refractivity contribution < 1.29 is 14.3 Å². The van der Waals surface area contributed by atoms with Gasteiger partial charge in [-0.3, -0.25) is 4.90 Å². The molecule has 2 fully saturated rings. The highest BCUT2D eigenvalue weighted by atomic mass is 16.5. The number of esters is 1. The number of carbonyl (C=O) groups is 1. The SMILES string of the molecule is CCOC(=O)C(N)(CN1CCOCC1(C)C)C1CC1. The van der Waals surface area contributed by atoms with E-state index in [1.807, 2.05) is 6.92 Å². The zero-order valence-electron chi connectivity index (χ0n) is 12.3. The summed E-state index contributed by atoms with van der Waals surface area (Å²) in [6, 6.07) is 0. The Hall–Kier alpha value is -0.650. The Morgan fingerprint density at radius 1 is 1.53 bits per heavy atom. The molecule has 5 heteroatoms. The number of nitrogens with two attached hydrogens (primary N) is 1. The molecule has 0 aromatic rings. The fourth-order valence-electron chi connectivity index (χ4n) is 2.72. The van der Waals surface area contributed by atoms with Gasteiger partial charge in [0.25, 0.3) is 0 Å². The maximum atomic E-state index is 12.2. The van der Waals surface area contributed by atoms with Crippen molar-refractivity contribution in [2.45, 2.75) is 44.7 Å². The molecular weight excluding hydrogens is 244 g/mol. The molecule has 1 aliphatic heterocycles. The summed E-state index contributed by atoms with van der Waals surface area (Å²) in [5.74, 6) is 0.0185. The Morgan fingerprint density at radius 3 is 2.74 bits per heavy atom. The minimum Gasteiger partial charge on any atom is -0.465 e. The zero-order chi connectivity index (χ0) is 14.1. The lowest BCUT2D eigenvalue weighted by Crippen LogP contribution is -2.64. The molecule has 0 amide bonds. The van der Waals surface area contributed by atoms with E-state index < -0.39 is 5.54 Å². The van der Waals surface area contributed by atoms with E-state index in [2.05, 4.69) is 18.7 Å². The van der Waals surface area contributed by atoms with E-state index in [4.69, 9.17) is 15.2 Å². The van der Waals surface area contributed by atoms with E-state index in [1.165, 1.54) is 0 Å². The van der Waals surface area contributed by atoms with Crippen molar-refractivity contribution in [2.75, 3.05) is 32.9 Å². The third-order valence-electron chi connectivity index (χ3n) is 4.23. The minimum atomic E-state index is -0.857. The lowest BCUT2D eigenvalue weighted by Gasteiger charge is -2.45. The number of hydrogen-bond donors (Lipinski definition) is 1. The Labute approximate surface area is 115 Å². The maximum absolute atomic E-state index is 12.2. The van der Waals surface area contributed by atoms with Crippen molar-refractivity contribution in [3.05, 3.63) is 0 Å². The Balaban J connectivity index is 2.09. The van der Waals surface area contributed by atoms with Crippen molar-refractivity contribution >= 4 is 5.97 Å². The molecule has 2 N–H and O–H groups in total. The highest BCUT2D eigenvalue weighted by Gasteiger charge is 2.51. The molecule has 5 nitrogen and oxygen atoms in total. The summed E-state index contributed by atoms with van der Waals surface area (Å²) in [7, 11) is 0. The van der Waals surface area contributed by atoms with Gasteiger partial charge in [0.2, 0.25) is 0 Å². The van der Waals surface area contributed by atoms with Crippen molar-refractivity contribution in [3.8, 4) is 0 Å². The van der Waals surface area contributed by atoms with Crippen LogP contribution < -0.4 is 5.73 Å². The summed E-state index contributed by atoms with van der Waals surface area (Å²) >= 11 is 0. The van der Waals surface area contributed by atoms with Crippen molar-refractivity contribution in [1.82, 2.24) is 4.90 Å². The summed E-state index contributed by atoms with van der Waals surface area (Å²) in [6.45, 7) is 9.23. The average Bonchev–Trinajstić information content (AvgIpc) is 3.16. The molecule has 1 unspecified atom stereocenters. The van der Waals surface area contributed by atoms with Crippen LogP contribution in [0.5, 0.6) is 0 Å². The van der Waals surface area contributed by atoms with Crippen molar-refractivity contribution in [2.24, 2.45) is 11.7 Å². The molecule has 1 heterocycles. The summed E-state index contributed by atoms with van der Waals surface area (Å²) in [5.41, 5.74) is 5.49. The molecule has 1 atom stereocenters. The van der Waals surface area contributed by atoms with Crippen molar-refractivity contribution in [3.63, 3.8) is 0 Å². The van der Waals surface area contributed by atoms with Gasteiger partial charge in [-0.2, -0.15) is 0 Å². The van der Waals surface area contributed by atoms with Crippen LogP contribution in [0.1, 0.15) is 33.6 Å². The van der Waals surface area contributed by atoms with Crippen LogP contribution in [-0.4, -0.2) is 54.9 Å². The second-order valence-electron chi connectivity index (χ2n) is 6.32. The predicted octanol–water partition coefficient (Wildman–Crippen LogP) is 0.768. The normalized spacial score (nSPS) is 26.7. The first-order valence-electron chi connectivity index (χ1n) is 7.19. The van der Waals surface area contributed by atoms with Crippen LogP contribution in [0.2, 0.25) is 0 Å². The quantitative estimate of drug-likeness (QED) is 0.748. The van der Waals surface area contributed by atoms with Gasteiger partial charge in [0.1, 0.15) is 5.54 Å². The van der Waals surface area contributed by atoms with Crippen LogP contribution in [0.3, 0.4) is 0 Å². The van der Waals surface area contributed by atoms with Gasteiger partial charge in [0.15, 0.2) is 0 Å². The van der Waals surface area contributed by atoms with Gasteiger partial charge in [0.05, 0.1) is 19.8 Å². The van der Waals surface area contributed by atoms with Crippen molar-refractivity contribution in [1.29, 1.82) is 0 Å². The van der Waals surface area contributed by atoms with Gasteiger partial charge in [-0.25, -0.2) is 4.79 Å². The fourth-order valence-corrected chi connectivity index (χ4v) is 2.72. The number of rotatable bonds is 5. The van der Waals surface area contributed by atoms with Crippen LogP contribution in [0.15, 0.2) is 0 Å². The number of ether oxygens (including phenoxy) is 2. The second kappa shape index (κ2) is 5.38.